The zero-order valence-corrected chi connectivity index (χ0v) is 11.9. The number of carbonyl (C=O) groups excluding carboxylic acids is 1. The summed E-state index contributed by atoms with van der Waals surface area (Å²) in [6.07, 6.45) is 3.86. The molecule has 0 saturated heterocycles. The molecule has 17 heavy (non-hydrogen) atoms. The van der Waals surface area contributed by atoms with Crippen molar-refractivity contribution in [3.8, 4) is 0 Å². The van der Waals surface area contributed by atoms with Crippen LogP contribution in [0.5, 0.6) is 0 Å². The predicted octanol–water partition coefficient (Wildman–Crippen LogP) is 3.96. The van der Waals surface area contributed by atoms with E-state index >= 15 is 0 Å². The molecule has 0 radical (unpaired) electrons. The average Bonchev–Trinajstić information content (AvgIpc) is 2.50. The number of esters is 1. The molecule has 0 N–H and O–H groups in total. The second kappa shape index (κ2) is 6.23. The van der Waals surface area contributed by atoms with Gasteiger partial charge in [0, 0.05) is 6.42 Å². The van der Waals surface area contributed by atoms with E-state index in [4.69, 9.17) is 0 Å². The maximum absolute atomic E-state index is 11.0. The fourth-order valence-corrected chi connectivity index (χ4v) is 3.00. The van der Waals surface area contributed by atoms with E-state index < -0.39 is 0 Å². The maximum atomic E-state index is 11.0. The van der Waals surface area contributed by atoms with Gasteiger partial charge in [-0.3, -0.25) is 4.79 Å². The predicted molar refractivity (Wildman–Crippen MR) is 70.7 cm³/mol. The standard InChI is InChI=1S/C15H26O2/c1-10-11(2)13(4)14(12(10)3)8-6-7-9-15(16)17-5/h10,12,14H,6-9H2,1-5H3/t10-,12?,14-/m0/s1. The molecular weight excluding hydrogens is 212 g/mol. The Morgan fingerprint density at radius 1 is 1.18 bits per heavy atom. The molecule has 0 aliphatic heterocycles. The van der Waals surface area contributed by atoms with E-state index in [1.165, 1.54) is 13.5 Å². The molecule has 0 fully saturated rings. The monoisotopic (exact) mass is 238 g/mol. The lowest BCUT2D eigenvalue weighted by atomic mass is 9.85. The van der Waals surface area contributed by atoms with E-state index in [0.29, 0.717) is 6.42 Å². The van der Waals surface area contributed by atoms with Crippen LogP contribution in [0.25, 0.3) is 0 Å². The summed E-state index contributed by atoms with van der Waals surface area (Å²) in [5, 5.41) is 0. The lowest BCUT2D eigenvalue weighted by Crippen LogP contribution is -2.12. The molecule has 3 atom stereocenters. The Hall–Kier alpha value is -0.790. The van der Waals surface area contributed by atoms with Crippen molar-refractivity contribution in [3.05, 3.63) is 11.1 Å². The molecule has 0 bridgehead atoms. The first-order valence-corrected chi connectivity index (χ1v) is 6.73. The smallest absolute Gasteiger partial charge is 0.305 e. The summed E-state index contributed by atoms with van der Waals surface area (Å²) >= 11 is 0. The number of rotatable bonds is 5. The van der Waals surface area contributed by atoms with Crippen LogP contribution in [0.15, 0.2) is 11.1 Å². The molecule has 1 unspecified atom stereocenters. The molecule has 0 aromatic rings. The summed E-state index contributed by atoms with van der Waals surface area (Å²) in [4.78, 5) is 11.0. The van der Waals surface area contributed by atoms with E-state index in [9.17, 15) is 4.79 Å². The van der Waals surface area contributed by atoms with Gasteiger partial charge in [-0.2, -0.15) is 0 Å². The summed E-state index contributed by atoms with van der Waals surface area (Å²) in [5.41, 5.74) is 3.17. The van der Waals surface area contributed by atoms with Gasteiger partial charge < -0.3 is 4.74 Å². The van der Waals surface area contributed by atoms with Gasteiger partial charge in [0.05, 0.1) is 7.11 Å². The van der Waals surface area contributed by atoms with Gasteiger partial charge in [-0.15, -0.1) is 0 Å². The van der Waals surface area contributed by atoms with Crippen LogP contribution in [-0.2, 0) is 9.53 Å². The highest BCUT2D eigenvalue weighted by molar-refractivity contribution is 5.68. The van der Waals surface area contributed by atoms with Crippen LogP contribution in [0.4, 0.5) is 0 Å². The number of hydrogen-bond donors (Lipinski definition) is 0. The zero-order chi connectivity index (χ0) is 13.0. The Bertz CT molecular complexity index is 304. The van der Waals surface area contributed by atoms with Crippen molar-refractivity contribution >= 4 is 5.97 Å². The molecule has 1 rings (SSSR count). The highest BCUT2D eigenvalue weighted by Crippen LogP contribution is 2.43. The molecule has 0 amide bonds. The van der Waals surface area contributed by atoms with Gasteiger partial charge in [0.1, 0.15) is 0 Å². The third-order valence-corrected chi connectivity index (χ3v) is 4.66. The highest BCUT2D eigenvalue weighted by Gasteiger charge is 2.32. The molecule has 0 saturated carbocycles. The lowest BCUT2D eigenvalue weighted by Gasteiger charge is -2.20. The second-order valence-electron chi connectivity index (χ2n) is 5.44. The summed E-state index contributed by atoms with van der Waals surface area (Å²) in [7, 11) is 1.46. The quantitative estimate of drug-likeness (QED) is 0.412. The Morgan fingerprint density at radius 3 is 2.29 bits per heavy atom. The van der Waals surface area contributed by atoms with Crippen molar-refractivity contribution in [2.45, 2.75) is 53.4 Å². The molecule has 1 aliphatic rings. The molecule has 0 heterocycles. The number of hydrogen-bond acceptors (Lipinski definition) is 2. The lowest BCUT2D eigenvalue weighted by molar-refractivity contribution is -0.140. The fourth-order valence-electron chi connectivity index (χ4n) is 3.00. The minimum Gasteiger partial charge on any atom is -0.469 e. The topological polar surface area (TPSA) is 26.3 Å². The normalized spacial score (nSPS) is 28.6. The first kappa shape index (κ1) is 14.3. The van der Waals surface area contributed by atoms with Gasteiger partial charge >= 0.3 is 5.97 Å². The molecule has 0 spiro atoms. The van der Waals surface area contributed by atoms with E-state index in [1.54, 1.807) is 11.1 Å². The van der Waals surface area contributed by atoms with E-state index in [2.05, 4.69) is 32.4 Å². The number of methoxy groups -OCH3 is 1. The van der Waals surface area contributed by atoms with Gasteiger partial charge in [-0.1, -0.05) is 31.4 Å². The summed E-state index contributed by atoms with van der Waals surface area (Å²) in [6.45, 7) is 9.23. The van der Waals surface area contributed by atoms with Crippen molar-refractivity contribution in [2.75, 3.05) is 7.11 Å². The minimum absolute atomic E-state index is 0.0821. The van der Waals surface area contributed by atoms with Gasteiger partial charge in [0.25, 0.3) is 0 Å². The first-order valence-electron chi connectivity index (χ1n) is 6.73. The number of allylic oxidation sites excluding steroid dienone is 2. The number of unbranched alkanes of at least 4 members (excludes halogenated alkanes) is 1. The van der Waals surface area contributed by atoms with Crippen molar-refractivity contribution < 1.29 is 9.53 Å². The number of ether oxygens (including phenoxy) is 1. The second-order valence-corrected chi connectivity index (χ2v) is 5.44. The fraction of sp³-hybridized carbons (Fsp3) is 0.800. The van der Waals surface area contributed by atoms with Crippen molar-refractivity contribution in [1.29, 1.82) is 0 Å². The Balaban J connectivity index is 2.35. The SMILES string of the molecule is COC(=O)CCCC[C@@H]1C(C)=C(C)[C@H](C)C1C. The summed E-state index contributed by atoms with van der Waals surface area (Å²) < 4.78 is 4.65. The third kappa shape index (κ3) is 3.34. The molecule has 0 aromatic carbocycles. The van der Waals surface area contributed by atoms with Gasteiger partial charge in [0.15, 0.2) is 0 Å². The van der Waals surface area contributed by atoms with Gasteiger partial charge in [0.2, 0.25) is 0 Å². The molecule has 0 aromatic heterocycles. The van der Waals surface area contributed by atoms with Crippen LogP contribution >= 0.6 is 0 Å². The largest absolute Gasteiger partial charge is 0.469 e. The van der Waals surface area contributed by atoms with E-state index in [0.717, 1.165) is 30.6 Å². The Morgan fingerprint density at radius 2 is 1.82 bits per heavy atom. The molecule has 98 valence electrons. The average molecular weight is 238 g/mol. The summed E-state index contributed by atoms with van der Waals surface area (Å²) in [6, 6.07) is 0. The van der Waals surface area contributed by atoms with E-state index in [1.807, 2.05) is 0 Å². The number of carbonyl (C=O) groups is 1. The summed E-state index contributed by atoms with van der Waals surface area (Å²) in [5.74, 6) is 2.12. The Labute approximate surface area is 105 Å². The van der Waals surface area contributed by atoms with Crippen LogP contribution in [0.3, 0.4) is 0 Å². The van der Waals surface area contributed by atoms with Crippen molar-refractivity contribution in [2.24, 2.45) is 17.8 Å². The van der Waals surface area contributed by atoms with Crippen LogP contribution in [0.1, 0.15) is 53.4 Å². The first-order chi connectivity index (χ1) is 7.99. The minimum atomic E-state index is -0.0821. The Kier molecular flexibility index (Phi) is 5.23. The van der Waals surface area contributed by atoms with Gasteiger partial charge in [-0.05, 0) is 44.4 Å². The van der Waals surface area contributed by atoms with Crippen LogP contribution in [0.2, 0.25) is 0 Å². The van der Waals surface area contributed by atoms with Crippen molar-refractivity contribution in [1.82, 2.24) is 0 Å². The van der Waals surface area contributed by atoms with Gasteiger partial charge in [-0.25, -0.2) is 0 Å². The van der Waals surface area contributed by atoms with Crippen molar-refractivity contribution in [3.63, 3.8) is 0 Å². The van der Waals surface area contributed by atoms with Crippen LogP contribution in [-0.4, -0.2) is 13.1 Å². The molecule has 1 aliphatic carbocycles. The van der Waals surface area contributed by atoms with E-state index in [-0.39, 0.29) is 5.97 Å². The molecule has 2 nitrogen and oxygen atoms in total. The van der Waals surface area contributed by atoms with Crippen LogP contribution < -0.4 is 0 Å². The molecular formula is C15H26O2. The molecule has 2 heteroatoms. The highest BCUT2D eigenvalue weighted by atomic mass is 16.5. The maximum Gasteiger partial charge on any atom is 0.305 e. The van der Waals surface area contributed by atoms with Crippen LogP contribution in [0, 0.1) is 17.8 Å². The zero-order valence-electron chi connectivity index (χ0n) is 11.9. The third-order valence-electron chi connectivity index (χ3n) is 4.66.